The third-order valence-electron chi connectivity index (χ3n) is 2.86. The standard InChI is InChI=1S/C14H19N3OS/c1-2-14-15-8-12(9-16-14)10-17(5-6-18)11-13-4-3-7-19-13/h3-4,7-9,18H,2,5-6,10-11H2,1H3. The molecule has 0 aliphatic rings. The molecule has 0 bridgehead atoms. The van der Waals surface area contributed by atoms with Gasteiger partial charge in [0.2, 0.25) is 0 Å². The molecule has 5 heteroatoms. The van der Waals surface area contributed by atoms with E-state index in [2.05, 4.69) is 32.4 Å². The lowest BCUT2D eigenvalue weighted by Gasteiger charge is -2.20. The van der Waals surface area contributed by atoms with Crippen molar-refractivity contribution in [2.75, 3.05) is 13.2 Å². The first-order valence-electron chi connectivity index (χ1n) is 6.47. The summed E-state index contributed by atoms with van der Waals surface area (Å²) in [6, 6.07) is 4.17. The van der Waals surface area contributed by atoms with E-state index in [-0.39, 0.29) is 6.61 Å². The molecule has 1 N–H and O–H groups in total. The topological polar surface area (TPSA) is 49.2 Å². The minimum Gasteiger partial charge on any atom is -0.395 e. The van der Waals surface area contributed by atoms with Crippen molar-refractivity contribution < 1.29 is 5.11 Å². The summed E-state index contributed by atoms with van der Waals surface area (Å²) in [7, 11) is 0. The molecule has 0 amide bonds. The lowest BCUT2D eigenvalue weighted by molar-refractivity contribution is 0.185. The Morgan fingerprint density at radius 3 is 2.63 bits per heavy atom. The molecule has 0 radical (unpaired) electrons. The van der Waals surface area contributed by atoms with Crippen LogP contribution in [0, 0.1) is 0 Å². The largest absolute Gasteiger partial charge is 0.395 e. The Kier molecular flexibility index (Phi) is 5.44. The first-order chi connectivity index (χ1) is 9.31. The average Bonchev–Trinajstić information content (AvgIpc) is 2.93. The summed E-state index contributed by atoms with van der Waals surface area (Å²) >= 11 is 1.74. The molecule has 0 saturated carbocycles. The van der Waals surface area contributed by atoms with Crippen molar-refractivity contribution in [1.82, 2.24) is 14.9 Å². The third kappa shape index (κ3) is 4.38. The SMILES string of the molecule is CCc1ncc(CN(CCO)Cc2cccs2)cn1. The van der Waals surface area contributed by atoms with Gasteiger partial charge in [-0.1, -0.05) is 13.0 Å². The molecule has 102 valence electrons. The first kappa shape index (κ1) is 14.1. The molecule has 4 nitrogen and oxygen atoms in total. The van der Waals surface area contributed by atoms with Crippen molar-refractivity contribution in [2.24, 2.45) is 0 Å². The van der Waals surface area contributed by atoms with Gasteiger partial charge in [-0.3, -0.25) is 4.90 Å². The highest BCUT2D eigenvalue weighted by atomic mass is 32.1. The Hall–Kier alpha value is -1.30. The molecule has 0 atom stereocenters. The van der Waals surface area contributed by atoms with Gasteiger partial charge in [0, 0.05) is 48.9 Å². The minimum absolute atomic E-state index is 0.166. The average molecular weight is 277 g/mol. The van der Waals surface area contributed by atoms with Gasteiger partial charge in [-0.2, -0.15) is 0 Å². The number of hydrogen-bond donors (Lipinski definition) is 1. The van der Waals surface area contributed by atoms with Crippen LogP contribution >= 0.6 is 11.3 Å². The predicted molar refractivity (Wildman–Crippen MR) is 76.9 cm³/mol. The molecule has 0 spiro atoms. The highest BCUT2D eigenvalue weighted by molar-refractivity contribution is 7.09. The minimum atomic E-state index is 0.166. The molecule has 0 unspecified atom stereocenters. The van der Waals surface area contributed by atoms with Crippen LogP contribution in [0.25, 0.3) is 0 Å². The Bertz CT molecular complexity index is 470. The number of thiophene rings is 1. The summed E-state index contributed by atoms with van der Waals surface area (Å²) in [5.74, 6) is 0.871. The maximum atomic E-state index is 9.16. The molecule has 0 aliphatic carbocycles. The van der Waals surface area contributed by atoms with Crippen LogP contribution in [0.4, 0.5) is 0 Å². The number of aliphatic hydroxyl groups excluding tert-OH is 1. The van der Waals surface area contributed by atoms with Crippen LogP contribution in [0.5, 0.6) is 0 Å². The highest BCUT2D eigenvalue weighted by Crippen LogP contribution is 2.13. The molecule has 2 aromatic heterocycles. The molecule has 0 saturated heterocycles. The van der Waals surface area contributed by atoms with E-state index in [0.717, 1.165) is 30.9 Å². The lowest BCUT2D eigenvalue weighted by Crippen LogP contribution is -2.25. The van der Waals surface area contributed by atoms with E-state index in [9.17, 15) is 0 Å². The van der Waals surface area contributed by atoms with E-state index in [4.69, 9.17) is 5.11 Å². The Balaban J connectivity index is 1.98. The van der Waals surface area contributed by atoms with Gasteiger partial charge in [-0.15, -0.1) is 11.3 Å². The van der Waals surface area contributed by atoms with Gasteiger partial charge in [0.15, 0.2) is 0 Å². The second-order valence-electron chi connectivity index (χ2n) is 4.37. The summed E-state index contributed by atoms with van der Waals surface area (Å²) in [5, 5.41) is 11.2. The van der Waals surface area contributed by atoms with E-state index < -0.39 is 0 Å². The summed E-state index contributed by atoms with van der Waals surface area (Å²) in [6.45, 7) is 4.49. The predicted octanol–water partition coefficient (Wildman–Crippen LogP) is 2.09. The van der Waals surface area contributed by atoms with Crippen LogP contribution in [0.15, 0.2) is 29.9 Å². The van der Waals surface area contributed by atoms with Crippen LogP contribution < -0.4 is 0 Å². The van der Waals surface area contributed by atoms with E-state index in [1.807, 2.05) is 19.3 Å². The van der Waals surface area contributed by atoms with Gasteiger partial charge in [-0.05, 0) is 11.4 Å². The Labute approximate surface area is 117 Å². The molecule has 0 aromatic carbocycles. The van der Waals surface area contributed by atoms with Crippen LogP contribution in [0.1, 0.15) is 23.2 Å². The van der Waals surface area contributed by atoms with Gasteiger partial charge in [0.25, 0.3) is 0 Å². The highest BCUT2D eigenvalue weighted by Gasteiger charge is 2.08. The molecule has 2 rings (SSSR count). The van der Waals surface area contributed by atoms with Gasteiger partial charge < -0.3 is 5.11 Å². The van der Waals surface area contributed by atoms with Crippen molar-refractivity contribution in [3.05, 3.63) is 46.2 Å². The molecular weight excluding hydrogens is 258 g/mol. The third-order valence-corrected chi connectivity index (χ3v) is 3.72. The van der Waals surface area contributed by atoms with Gasteiger partial charge >= 0.3 is 0 Å². The maximum Gasteiger partial charge on any atom is 0.127 e. The molecule has 19 heavy (non-hydrogen) atoms. The fourth-order valence-electron chi connectivity index (χ4n) is 1.88. The normalized spacial score (nSPS) is 11.1. The second-order valence-corrected chi connectivity index (χ2v) is 5.41. The quantitative estimate of drug-likeness (QED) is 0.842. The van der Waals surface area contributed by atoms with Gasteiger partial charge in [0.05, 0.1) is 6.61 Å². The monoisotopic (exact) mass is 277 g/mol. The Morgan fingerprint density at radius 1 is 1.26 bits per heavy atom. The van der Waals surface area contributed by atoms with Crippen LogP contribution in [0.2, 0.25) is 0 Å². The fraction of sp³-hybridized carbons (Fsp3) is 0.429. The van der Waals surface area contributed by atoms with Gasteiger partial charge in [0.1, 0.15) is 5.82 Å². The zero-order chi connectivity index (χ0) is 13.5. The fourth-order valence-corrected chi connectivity index (χ4v) is 2.63. The van der Waals surface area contributed by atoms with Crippen molar-refractivity contribution in [1.29, 1.82) is 0 Å². The zero-order valence-electron chi connectivity index (χ0n) is 11.1. The van der Waals surface area contributed by atoms with Crippen molar-refractivity contribution >= 4 is 11.3 Å². The van der Waals surface area contributed by atoms with E-state index >= 15 is 0 Å². The summed E-state index contributed by atoms with van der Waals surface area (Å²) in [6.07, 6.45) is 4.62. The number of rotatable bonds is 7. The second kappa shape index (κ2) is 7.33. The first-order valence-corrected chi connectivity index (χ1v) is 7.35. The number of nitrogens with zero attached hydrogens (tertiary/aromatic N) is 3. The number of aliphatic hydroxyl groups is 1. The van der Waals surface area contributed by atoms with Crippen LogP contribution in [0.3, 0.4) is 0 Å². The zero-order valence-corrected chi connectivity index (χ0v) is 11.9. The Morgan fingerprint density at radius 2 is 2.05 bits per heavy atom. The molecule has 0 aliphatic heterocycles. The summed E-state index contributed by atoms with van der Waals surface area (Å²) in [4.78, 5) is 12.1. The number of aryl methyl sites for hydroxylation is 1. The number of aromatic nitrogens is 2. The number of hydrogen-bond acceptors (Lipinski definition) is 5. The van der Waals surface area contributed by atoms with Crippen molar-refractivity contribution in [3.63, 3.8) is 0 Å². The van der Waals surface area contributed by atoms with E-state index in [1.165, 1.54) is 4.88 Å². The van der Waals surface area contributed by atoms with E-state index in [1.54, 1.807) is 11.3 Å². The van der Waals surface area contributed by atoms with Crippen LogP contribution in [-0.4, -0.2) is 33.1 Å². The van der Waals surface area contributed by atoms with Crippen LogP contribution in [-0.2, 0) is 19.5 Å². The molecule has 0 fully saturated rings. The summed E-state index contributed by atoms with van der Waals surface area (Å²) < 4.78 is 0. The van der Waals surface area contributed by atoms with Crippen molar-refractivity contribution in [2.45, 2.75) is 26.4 Å². The van der Waals surface area contributed by atoms with E-state index in [0.29, 0.717) is 6.54 Å². The lowest BCUT2D eigenvalue weighted by atomic mass is 10.3. The van der Waals surface area contributed by atoms with Gasteiger partial charge in [-0.25, -0.2) is 9.97 Å². The smallest absolute Gasteiger partial charge is 0.127 e. The van der Waals surface area contributed by atoms with Crippen molar-refractivity contribution in [3.8, 4) is 0 Å². The summed E-state index contributed by atoms with van der Waals surface area (Å²) in [5.41, 5.74) is 1.09. The molecular formula is C14H19N3OS. The molecule has 2 heterocycles. The molecule has 2 aromatic rings. The maximum absolute atomic E-state index is 9.16.